The Morgan fingerprint density at radius 1 is 1.17 bits per heavy atom. The Kier molecular flexibility index (Phi) is 3.37. The smallest absolute Gasteiger partial charge is 0.209 e. The number of carbonyl (C=O) groups is 1. The molecule has 1 aromatic carbocycles. The van der Waals surface area contributed by atoms with Crippen LogP contribution in [-0.4, -0.2) is 10.4 Å². The molecule has 18 heavy (non-hydrogen) atoms. The second-order valence-electron chi connectivity index (χ2n) is 4.68. The number of ketones is 1. The quantitative estimate of drug-likeness (QED) is 0.732. The molecule has 1 aliphatic heterocycles. The molecule has 2 heterocycles. The van der Waals surface area contributed by atoms with E-state index in [1.807, 2.05) is 36.4 Å². The van der Waals surface area contributed by atoms with Gasteiger partial charge in [0.2, 0.25) is 5.78 Å². The second kappa shape index (κ2) is 4.81. The van der Waals surface area contributed by atoms with Gasteiger partial charge in [-0.2, -0.15) is 0 Å². The van der Waals surface area contributed by atoms with Crippen molar-refractivity contribution in [3.05, 3.63) is 59.4 Å². The van der Waals surface area contributed by atoms with Crippen LogP contribution in [-0.2, 0) is 6.54 Å². The van der Waals surface area contributed by atoms with Gasteiger partial charge in [-0.15, -0.1) is 0 Å². The third kappa shape index (κ3) is 1.88. The molecule has 2 aromatic rings. The van der Waals surface area contributed by atoms with Crippen molar-refractivity contribution >= 4 is 5.78 Å². The molecule has 2 heteroatoms. The van der Waals surface area contributed by atoms with E-state index >= 15 is 0 Å². The van der Waals surface area contributed by atoms with Gasteiger partial charge in [0.1, 0.15) is 0 Å². The summed E-state index contributed by atoms with van der Waals surface area (Å²) in [5.74, 6) is 0.707. The van der Waals surface area contributed by atoms with Gasteiger partial charge in [0.25, 0.3) is 0 Å². The molecular formula is C16H19NO. The SMILES string of the molecule is C.CC1CCn2c(C(=O)c3ccccc3)ccc21. The zero-order valence-electron chi connectivity index (χ0n) is 9.89. The van der Waals surface area contributed by atoms with E-state index < -0.39 is 0 Å². The van der Waals surface area contributed by atoms with Crippen LogP contribution in [0, 0.1) is 0 Å². The lowest BCUT2D eigenvalue weighted by Crippen LogP contribution is -2.08. The van der Waals surface area contributed by atoms with E-state index in [9.17, 15) is 4.79 Å². The average Bonchev–Trinajstić information content (AvgIpc) is 2.93. The standard InChI is InChI=1S/C15H15NO.CH4/c1-11-9-10-16-13(11)7-8-14(16)15(17)12-5-3-2-4-6-12;/h2-8,11H,9-10H2,1H3;1H4. The maximum atomic E-state index is 12.4. The van der Waals surface area contributed by atoms with Gasteiger partial charge in [0.15, 0.2) is 0 Å². The zero-order chi connectivity index (χ0) is 11.8. The number of rotatable bonds is 2. The summed E-state index contributed by atoms with van der Waals surface area (Å²) in [4.78, 5) is 12.4. The Morgan fingerprint density at radius 2 is 1.89 bits per heavy atom. The number of carbonyl (C=O) groups excluding carboxylic acids is 1. The predicted octanol–water partition coefficient (Wildman–Crippen LogP) is 3.86. The first-order chi connectivity index (χ1) is 8.27. The molecule has 0 radical (unpaired) electrons. The molecule has 1 atom stereocenters. The topological polar surface area (TPSA) is 22.0 Å². The number of aromatic nitrogens is 1. The number of nitrogens with zero attached hydrogens (tertiary/aromatic N) is 1. The van der Waals surface area contributed by atoms with Gasteiger partial charge in [-0.1, -0.05) is 44.7 Å². The van der Waals surface area contributed by atoms with Crippen LogP contribution in [0.15, 0.2) is 42.5 Å². The van der Waals surface area contributed by atoms with Crippen molar-refractivity contribution in [1.29, 1.82) is 0 Å². The highest BCUT2D eigenvalue weighted by Gasteiger charge is 2.23. The first kappa shape index (κ1) is 12.6. The van der Waals surface area contributed by atoms with Gasteiger partial charge in [0, 0.05) is 17.8 Å². The van der Waals surface area contributed by atoms with Crippen LogP contribution in [0.1, 0.15) is 48.4 Å². The van der Waals surface area contributed by atoms with E-state index in [1.54, 1.807) is 0 Å². The first-order valence-electron chi connectivity index (χ1n) is 6.06. The number of hydrogen-bond donors (Lipinski definition) is 0. The van der Waals surface area contributed by atoms with Crippen LogP contribution in [0.25, 0.3) is 0 Å². The normalized spacial score (nSPS) is 17.1. The summed E-state index contributed by atoms with van der Waals surface area (Å²) in [6.07, 6.45) is 1.14. The van der Waals surface area contributed by atoms with Crippen molar-refractivity contribution in [2.45, 2.75) is 33.2 Å². The fourth-order valence-electron chi connectivity index (χ4n) is 2.57. The predicted molar refractivity (Wildman–Crippen MR) is 74.1 cm³/mol. The molecule has 0 bridgehead atoms. The molecule has 0 N–H and O–H groups in total. The van der Waals surface area contributed by atoms with Crippen molar-refractivity contribution < 1.29 is 4.79 Å². The maximum absolute atomic E-state index is 12.4. The first-order valence-corrected chi connectivity index (χ1v) is 6.06. The lowest BCUT2D eigenvalue weighted by Gasteiger charge is -2.05. The number of fused-ring (bicyclic) bond motifs is 1. The van der Waals surface area contributed by atoms with Crippen molar-refractivity contribution in [3.63, 3.8) is 0 Å². The molecule has 94 valence electrons. The summed E-state index contributed by atoms with van der Waals surface area (Å²) in [5.41, 5.74) is 2.90. The Morgan fingerprint density at radius 3 is 2.61 bits per heavy atom. The number of hydrogen-bond acceptors (Lipinski definition) is 1. The third-order valence-electron chi connectivity index (χ3n) is 3.57. The fourth-order valence-corrected chi connectivity index (χ4v) is 2.57. The molecule has 0 saturated heterocycles. The minimum atomic E-state index is 0. The van der Waals surface area contributed by atoms with Crippen LogP contribution in [0.5, 0.6) is 0 Å². The summed E-state index contributed by atoms with van der Waals surface area (Å²) in [7, 11) is 0. The Labute approximate surface area is 108 Å². The molecule has 0 amide bonds. The Balaban J connectivity index is 0.00000120. The van der Waals surface area contributed by atoms with Gasteiger partial charge in [-0.3, -0.25) is 4.79 Å². The van der Waals surface area contributed by atoms with Gasteiger partial charge in [-0.25, -0.2) is 0 Å². The van der Waals surface area contributed by atoms with Crippen LogP contribution in [0.4, 0.5) is 0 Å². The molecule has 2 nitrogen and oxygen atoms in total. The average molecular weight is 241 g/mol. The monoisotopic (exact) mass is 241 g/mol. The minimum absolute atomic E-state index is 0. The fraction of sp³-hybridized carbons (Fsp3) is 0.312. The van der Waals surface area contributed by atoms with Gasteiger partial charge in [-0.05, 0) is 24.5 Å². The van der Waals surface area contributed by atoms with E-state index in [0.717, 1.165) is 24.2 Å². The minimum Gasteiger partial charge on any atom is -0.342 e. The van der Waals surface area contributed by atoms with Crippen LogP contribution in [0.2, 0.25) is 0 Å². The molecule has 1 aliphatic rings. The summed E-state index contributed by atoms with van der Waals surface area (Å²) in [5, 5.41) is 0. The third-order valence-corrected chi connectivity index (χ3v) is 3.57. The Bertz CT molecular complexity index is 554. The molecule has 0 fully saturated rings. The summed E-state index contributed by atoms with van der Waals surface area (Å²) in [6, 6.07) is 13.5. The molecule has 1 aromatic heterocycles. The second-order valence-corrected chi connectivity index (χ2v) is 4.68. The lowest BCUT2D eigenvalue weighted by atomic mass is 10.1. The molecule has 0 spiro atoms. The van der Waals surface area contributed by atoms with Crippen molar-refractivity contribution in [1.82, 2.24) is 4.57 Å². The molecule has 0 saturated carbocycles. The van der Waals surface area contributed by atoms with E-state index in [1.165, 1.54) is 5.69 Å². The van der Waals surface area contributed by atoms with Gasteiger partial charge < -0.3 is 4.57 Å². The summed E-state index contributed by atoms with van der Waals surface area (Å²) < 4.78 is 2.17. The van der Waals surface area contributed by atoms with E-state index in [-0.39, 0.29) is 13.2 Å². The molecule has 3 rings (SSSR count). The highest BCUT2D eigenvalue weighted by molar-refractivity contribution is 6.08. The number of benzene rings is 1. The highest BCUT2D eigenvalue weighted by Crippen LogP contribution is 2.30. The van der Waals surface area contributed by atoms with Crippen LogP contribution < -0.4 is 0 Å². The Hall–Kier alpha value is -1.83. The molecule has 1 unspecified atom stereocenters. The summed E-state index contributed by atoms with van der Waals surface area (Å²) >= 11 is 0. The van der Waals surface area contributed by atoms with Crippen LogP contribution in [0.3, 0.4) is 0 Å². The van der Waals surface area contributed by atoms with Crippen molar-refractivity contribution in [2.75, 3.05) is 0 Å². The van der Waals surface area contributed by atoms with Crippen molar-refractivity contribution in [3.8, 4) is 0 Å². The van der Waals surface area contributed by atoms with E-state index in [2.05, 4.69) is 17.6 Å². The van der Waals surface area contributed by atoms with Gasteiger partial charge in [0.05, 0.1) is 5.69 Å². The van der Waals surface area contributed by atoms with Crippen LogP contribution >= 0.6 is 0 Å². The highest BCUT2D eigenvalue weighted by atomic mass is 16.1. The summed E-state index contributed by atoms with van der Waals surface area (Å²) in [6.45, 7) is 3.19. The van der Waals surface area contributed by atoms with E-state index in [4.69, 9.17) is 0 Å². The van der Waals surface area contributed by atoms with Gasteiger partial charge >= 0.3 is 0 Å². The molecular weight excluding hydrogens is 222 g/mol. The largest absolute Gasteiger partial charge is 0.342 e. The molecule has 0 aliphatic carbocycles. The maximum Gasteiger partial charge on any atom is 0.209 e. The van der Waals surface area contributed by atoms with Crippen molar-refractivity contribution in [2.24, 2.45) is 0 Å². The van der Waals surface area contributed by atoms with E-state index in [0.29, 0.717) is 5.92 Å². The lowest BCUT2D eigenvalue weighted by molar-refractivity contribution is 0.103. The zero-order valence-corrected chi connectivity index (χ0v) is 9.89.